The summed E-state index contributed by atoms with van der Waals surface area (Å²) in [6.07, 6.45) is 2.01. The number of nitrogens with two attached hydrogens (primary N) is 2. The van der Waals surface area contributed by atoms with Gasteiger partial charge in [-0.2, -0.15) is 0 Å². The molecule has 0 aromatic heterocycles. The molecule has 2 amide bonds. The number of amides is 2. The standard InChI is InChI=1S/C24H39Cl2N5O4/c1-16(2)21(30-22(32)19(28)5-3-4-12-27)23(33)29-20(24(34)35)15-17-6-8-18(9-7-17)31(13-10-25)14-11-26/h6-9,16,19-21H,3-5,10-15,27-28H2,1-2H3,(H,29,33)(H,30,32)(H,34,35)/t19-,20?,21-/m0/s1. The van der Waals surface area contributed by atoms with Gasteiger partial charge in [-0.3, -0.25) is 9.59 Å². The molecule has 9 nitrogen and oxygen atoms in total. The highest BCUT2D eigenvalue weighted by atomic mass is 35.5. The predicted octanol–water partition coefficient (Wildman–Crippen LogP) is 1.68. The molecule has 7 N–H and O–H groups in total. The molecule has 0 bridgehead atoms. The van der Waals surface area contributed by atoms with Crippen molar-refractivity contribution in [1.29, 1.82) is 0 Å². The number of unbranched alkanes of at least 4 members (excludes halogenated alkanes) is 1. The van der Waals surface area contributed by atoms with Gasteiger partial charge in [0.1, 0.15) is 12.1 Å². The normalized spacial score (nSPS) is 13.7. The maximum Gasteiger partial charge on any atom is 0.326 e. The molecule has 198 valence electrons. The summed E-state index contributed by atoms with van der Waals surface area (Å²) in [5.41, 5.74) is 13.1. The van der Waals surface area contributed by atoms with Gasteiger partial charge < -0.3 is 32.1 Å². The number of hydrogen-bond donors (Lipinski definition) is 5. The molecule has 11 heteroatoms. The van der Waals surface area contributed by atoms with Crippen molar-refractivity contribution in [3.63, 3.8) is 0 Å². The maximum atomic E-state index is 12.9. The molecule has 1 aromatic carbocycles. The van der Waals surface area contributed by atoms with Crippen LogP contribution in [0.15, 0.2) is 24.3 Å². The monoisotopic (exact) mass is 531 g/mol. The number of alkyl halides is 2. The van der Waals surface area contributed by atoms with Crippen molar-refractivity contribution in [2.75, 3.05) is 36.3 Å². The van der Waals surface area contributed by atoms with Gasteiger partial charge in [-0.1, -0.05) is 32.4 Å². The first-order valence-electron chi connectivity index (χ1n) is 11.9. The fourth-order valence-electron chi connectivity index (χ4n) is 3.55. The number of halogens is 2. The number of anilines is 1. The summed E-state index contributed by atoms with van der Waals surface area (Å²) in [5.74, 6) is -1.53. The smallest absolute Gasteiger partial charge is 0.326 e. The van der Waals surface area contributed by atoms with Crippen molar-refractivity contribution in [3.05, 3.63) is 29.8 Å². The second-order valence-corrected chi connectivity index (χ2v) is 9.51. The molecule has 0 aliphatic rings. The number of carboxylic acids is 1. The van der Waals surface area contributed by atoms with Crippen molar-refractivity contribution in [2.45, 2.75) is 57.7 Å². The Kier molecular flexibility index (Phi) is 14.7. The highest BCUT2D eigenvalue weighted by Crippen LogP contribution is 2.17. The van der Waals surface area contributed by atoms with Crippen LogP contribution >= 0.6 is 23.2 Å². The molecule has 0 saturated carbocycles. The highest BCUT2D eigenvalue weighted by Gasteiger charge is 2.30. The van der Waals surface area contributed by atoms with E-state index in [9.17, 15) is 19.5 Å². The number of carboxylic acid groups (broad SMARTS) is 1. The number of nitrogens with zero attached hydrogens (tertiary/aromatic N) is 1. The molecule has 1 rings (SSSR count). The van der Waals surface area contributed by atoms with Crippen LogP contribution in [0, 0.1) is 5.92 Å². The number of aliphatic carboxylic acids is 1. The number of benzene rings is 1. The van der Waals surface area contributed by atoms with E-state index < -0.39 is 35.9 Å². The van der Waals surface area contributed by atoms with E-state index in [0.29, 0.717) is 44.2 Å². The summed E-state index contributed by atoms with van der Waals surface area (Å²) in [6.45, 7) is 5.34. The van der Waals surface area contributed by atoms with Crippen molar-refractivity contribution >= 4 is 46.7 Å². The number of rotatable bonds is 17. The molecule has 0 spiro atoms. The zero-order valence-electron chi connectivity index (χ0n) is 20.5. The van der Waals surface area contributed by atoms with Crippen LogP contribution in [-0.2, 0) is 20.8 Å². The van der Waals surface area contributed by atoms with E-state index in [0.717, 1.165) is 17.7 Å². The van der Waals surface area contributed by atoms with Gasteiger partial charge in [0, 0.05) is 37.0 Å². The van der Waals surface area contributed by atoms with Crippen molar-refractivity contribution in [2.24, 2.45) is 17.4 Å². The molecule has 3 atom stereocenters. The Morgan fingerprint density at radius 1 is 1.00 bits per heavy atom. The zero-order valence-corrected chi connectivity index (χ0v) is 22.0. The van der Waals surface area contributed by atoms with E-state index >= 15 is 0 Å². The quantitative estimate of drug-likeness (QED) is 0.151. The average Bonchev–Trinajstić information content (AvgIpc) is 2.82. The minimum Gasteiger partial charge on any atom is -0.480 e. The van der Waals surface area contributed by atoms with E-state index in [4.69, 9.17) is 34.7 Å². The third-order valence-electron chi connectivity index (χ3n) is 5.62. The summed E-state index contributed by atoms with van der Waals surface area (Å²) in [5, 5.41) is 14.9. The zero-order chi connectivity index (χ0) is 26.4. The Morgan fingerprint density at radius 3 is 2.09 bits per heavy atom. The first-order valence-corrected chi connectivity index (χ1v) is 13.0. The lowest BCUT2D eigenvalue weighted by atomic mass is 10.0. The number of hydrogen-bond acceptors (Lipinski definition) is 6. The van der Waals surface area contributed by atoms with Crippen LogP contribution in [-0.4, -0.2) is 72.4 Å². The third-order valence-corrected chi connectivity index (χ3v) is 5.96. The molecule has 0 aliphatic carbocycles. The van der Waals surface area contributed by atoms with E-state index in [1.807, 2.05) is 29.2 Å². The minimum atomic E-state index is -1.17. The summed E-state index contributed by atoms with van der Waals surface area (Å²) in [7, 11) is 0. The number of carbonyl (C=O) groups is 3. The second-order valence-electron chi connectivity index (χ2n) is 8.76. The van der Waals surface area contributed by atoms with Gasteiger partial charge in [0.2, 0.25) is 11.8 Å². The van der Waals surface area contributed by atoms with Gasteiger partial charge in [0.05, 0.1) is 6.04 Å². The number of carbonyl (C=O) groups excluding carboxylic acids is 2. The fraction of sp³-hybridized carbons (Fsp3) is 0.625. The lowest BCUT2D eigenvalue weighted by Gasteiger charge is -2.26. The molecule has 0 aliphatic heterocycles. The Bertz CT molecular complexity index is 789. The van der Waals surface area contributed by atoms with Crippen LogP contribution in [0.5, 0.6) is 0 Å². The lowest BCUT2D eigenvalue weighted by molar-refractivity contribution is -0.142. The molecule has 1 aromatic rings. The van der Waals surface area contributed by atoms with Gasteiger partial charge >= 0.3 is 5.97 Å². The van der Waals surface area contributed by atoms with Crippen molar-refractivity contribution in [1.82, 2.24) is 10.6 Å². The minimum absolute atomic E-state index is 0.0870. The molecule has 1 unspecified atom stereocenters. The summed E-state index contributed by atoms with van der Waals surface area (Å²) >= 11 is 11.7. The summed E-state index contributed by atoms with van der Waals surface area (Å²) in [4.78, 5) is 39.3. The fourth-order valence-corrected chi connectivity index (χ4v) is 3.96. The largest absolute Gasteiger partial charge is 0.480 e. The molecule has 0 saturated heterocycles. The van der Waals surface area contributed by atoms with Crippen LogP contribution in [0.3, 0.4) is 0 Å². The van der Waals surface area contributed by atoms with E-state index in [2.05, 4.69) is 10.6 Å². The Morgan fingerprint density at radius 2 is 1.60 bits per heavy atom. The lowest BCUT2D eigenvalue weighted by Crippen LogP contribution is -2.56. The van der Waals surface area contributed by atoms with Crippen LogP contribution in [0.4, 0.5) is 5.69 Å². The van der Waals surface area contributed by atoms with Gasteiger partial charge in [-0.25, -0.2) is 4.79 Å². The van der Waals surface area contributed by atoms with Crippen LogP contribution in [0.2, 0.25) is 0 Å². The predicted molar refractivity (Wildman–Crippen MR) is 141 cm³/mol. The van der Waals surface area contributed by atoms with Crippen molar-refractivity contribution < 1.29 is 19.5 Å². The van der Waals surface area contributed by atoms with Gasteiger partial charge in [0.15, 0.2) is 0 Å². The summed E-state index contributed by atoms with van der Waals surface area (Å²) in [6, 6.07) is 4.54. The van der Waals surface area contributed by atoms with Gasteiger partial charge in [0.25, 0.3) is 0 Å². The van der Waals surface area contributed by atoms with Gasteiger partial charge in [-0.15, -0.1) is 23.2 Å². The molecule has 0 fully saturated rings. The molecular weight excluding hydrogens is 493 g/mol. The van der Waals surface area contributed by atoms with Crippen LogP contribution in [0.25, 0.3) is 0 Å². The van der Waals surface area contributed by atoms with Crippen molar-refractivity contribution in [3.8, 4) is 0 Å². The van der Waals surface area contributed by atoms with Crippen LogP contribution in [0.1, 0.15) is 38.7 Å². The topological polar surface area (TPSA) is 151 Å². The van der Waals surface area contributed by atoms with Gasteiger partial charge in [-0.05, 0) is 43.0 Å². The summed E-state index contributed by atoms with van der Waals surface area (Å²) < 4.78 is 0. The Labute approximate surface area is 217 Å². The van der Waals surface area contributed by atoms with Crippen LogP contribution < -0.4 is 27.0 Å². The SMILES string of the molecule is CC(C)[C@H](NC(=O)[C@@H](N)CCCCN)C(=O)NC(Cc1ccc(N(CCCl)CCCl)cc1)C(=O)O. The maximum absolute atomic E-state index is 12.9. The Hall–Kier alpha value is -2.07. The first-order chi connectivity index (χ1) is 16.6. The third kappa shape index (κ3) is 11.0. The molecular formula is C24H39Cl2N5O4. The van der Waals surface area contributed by atoms with E-state index in [1.54, 1.807) is 13.8 Å². The van der Waals surface area contributed by atoms with E-state index in [-0.39, 0.29) is 12.3 Å². The molecule has 0 radical (unpaired) electrons. The Balaban J connectivity index is 2.84. The molecule has 0 heterocycles. The first kappa shape index (κ1) is 31.0. The number of nitrogens with one attached hydrogen (secondary N) is 2. The average molecular weight is 533 g/mol. The highest BCUT2D eigenvalue weighted by molar-refractivity contribution is 6.18. The van der Waals surface area contributed by atoms with E-state index in [1.165, 1.54) is 0 Å². The molecule has 35 heavy (non-hydrogen) atoms. The second kappa shape index (κ2) is 16.6.